The van der Waals surface area contributed by atoms with Gasteiger partial charge in [-0.3, -0.25) is 9.78 Å². The normalized spacial score (nSPS) is 31.2. The first-order valence-corrected chi connectivity index (χ1v) is 8.32. The molecule has 1 aromatic heterocycles. The number of amides is 1. The van der Waals surface area contributed by atoms with Crippen LogP contribution in [0.1, 0.15) is 19.3 Å². The minimum Gasteiger partial charge on any atom is -0.376 e. The van der Waals surface area contributed by atoms with Crippen LogP contribution in [0.2, 0.25) is 0 Å². The summed E-state index contributed by atoms with van der Waals surface area (Å²) in [6.07, 6.45) is 7.06. The number of carbonyl (C=O) groups is 1. The minimum absolute atomic E-state index is 0.0721. The maximum atomic E-state index is 12.2. The van der Waals surface area contributed by atoms with Gasteiger partial charge < -0.3 is 15.0 Å². The Morgan fingerprint density at radius 1 is 1.41 bits per heavy atom. The third kappa shape index (κ3) is 3.15. The molecule has 5 nitrogen and oxygen atoms in total. The molecule has 0 aromatic carbocycles. The van der Waals surface area contributed by atoms with Crippen molar-refractivity contribution < 1.29 is 9.53 Å². The summed E-state index contributed by atoms with van der Waals surface area (Å²) >= 11 is 0. The lowest BCUT2D eigenvalue weighted by Gasteiger charge is -2.19. The topological polar surface area (TPSA) is 54.5 Å². The van der Waals surface area contributed by atoms with Gasteiger partial charge in [0, 0.05) is 38.2 Å². The standard InChI is InChI=1S/C17H23N3O2/c21-17(19-14-2-1-5-18-7-14)6-13-11-22-16-10-20(9-15(13)16)8-12-3-4-12/h1-2,5,7,12-13,15-16H,3-4,6,8-11H2,(H,19,21)/t13-,15-,16-/m1/s1. The molecule has 1 saturated carbocycles. The lowest BCUT2D eigenvalue weighted by Crippen LogP contribution is -2.28. The third-order valence-electron chi connectivity index (χ3n) is 5.12. The van der Waals surface area contributed by atoms with Gasteiger partial charge in [0.2, 0.25) is 5.91 Å². The summed E-state index contributed by atoms with van der Waals surface area (Å²) in [5, 5.41) is 2.93. The van der Waals surface area contributed by atoms with Crippen LogP contribution in [0.25, 0.3) is 0 Å². The molecule has 0 unspecified atom stereocenters. The molecule has 3 atom stereocenters. The van der Waals surface area contributed by atoms with E-state index in [4.69, 9.17) is 4.74 Å². The highest BCUT2D eigenvalue weighted by atomic mass is 16.5. The number of rotatable bonds is 5. The molecular formula is C17H23N3O2. The maximum Gasteiger partial charge on any atom is 0.224 e. The summed E-state index contributed by atoms with van der Waals surface area (Å²) in [4.78, 5) is 18.8. The molecule has 3 aliphatic rings. The summed E-state index contributed by atoms with van der Waals surface area (Å²) in [5.74, 6) is 1.87. The molecule has 0 spiro atoms. The van der Waals surface area contributed by atoms with Gasteiger partial charge in [-0.25, -0.2) is 0 Å². The van der Waals surface area contributed by atoms with Crippen molar-refractivity contribution in [1.82, 2.24) is 9.88 Å². The van der Waals surface area contributed by atoms with Crippen molar-refractivity contribution in [3.8, 4) is 0 Å². The Kier molecular flexibility index (Phi) is 3.84. The van der Waals surface area contributed by atoms with E-state index in [1.807, 2.05) is 12.1 Å². The highest BCUT2D eigenvalue weighted by Crippen LogP contribution is 2.38. The van der Waals surface area contributed by atoms with Crippen LogP contribution in [-0.2, 0) is 9.53 Å². The van der Waals surface area contributed by atoms with Gasteiger partial charge in [-0.2, -0.15) is 0 Å². The molecule has 2 aliphatic heterocycles. The smallest absolute Gasteiger partial charge is 0.224 e. The fourth-order valence-electron chi connectivity index (χ4n) is 3.79. The fraction of sp³-hybridized carbons (Fsp3) is 0.647. The zero-order valence-corrected chi connectivity index (χ0v) is 12.8. The van der Waals surface area contributed by atoms with E-state index in [-0.39, 0.29) is 5.91 Å². The summed E-state index contributed by atoms with van der Waals surface area (Å²) in [6, 6.07) is 3.70. The number of nitrogens with zero attached hydrogens (tertiary/aromatic N) is 2. The number of carbonyl (C=O) groups excluding carboxylic acids is 1. The van der Waals surface area contributed by atoms with Gasteiger partial charge in [0.15, 0.2) is 0 Å². The molecule has 1 amide bonds. The molecule has 118 valence electrons. The molecule has 1 N–H and O–H groups in total. The van der Waals surface area contributed by atoms with Crippen molar-refractivity contribution in [1.29, 1.82) is 0 Å². The average molecular weight is 301 g/mol. The van der Waals surface area contributed by atoms with Crippen molar-refractivity contribution in [3.05, 3.63) is 24.5 Å². The first-order chi connectivity index (χ1) is 10.8. The van der Waals surface area contributed by atoms with E-state index >= 15 is 0 Å². The Hall–Kier alpha value is -1.46. The van der Waals surface area contributed by atoms with Gasteiger partial charge in [-0.05, 0) is 36.8 Å². The van der Waals surface area contributed by atoms with E-state index < -0.39 is 0 Å². The Balaban J connectivity index is 1.30. The number of anilines is 1. The largest absolute Gasteiger partial charge is 0.376 e. The zero-order chi connectivity index (χ0) is 14.9. The van der Waals surface area contributed by atoms with Gasteiger partial charge >= 0.3 is 0 Å². The van der Waals surface area contributed by atoms with E-state index in [1.54, 1.807) is 12.4 Å². The van der Waals surface area contributed by atoms with Crippen molar-refractivity contribution in [2.45, 2.75) is 25.4 Å². The van der Waals surface area contributed by atoms with Crippen molar-refractivity contribution in [3.63, 3.8) is 0 Å². The Morgan fingerprint density at radius 2 is 2.32 bits per heavy atom. The number of hydrogen-bond donors (Lipinski definition) is 1. The van der Waals surface area contributed by atoms with Crippen LogP contribution in [0.5, 0.6) is 0 Å². The lowest BCUT2D eigenvalue weighted by atomic mass is 9.90. The molecule has 0 bridgehead atoms. The van der Waals surface area contributed by atoms with Gasteiger partial charge in [0.25, 0.3) is 0 Å². The third-order valence-corrected chi connectivity index (χ3v) is 5.12. The van der Waals surface area contributed by atoms with Crippen LogP contribution < -0.4 is 5.32 Å². The summed E-state index contributed by atoms with van der Waals surface area (Å²) in [6.45, 7) is 4.12. The lowest BCUT2D eigenvalue weighted by molar-refractivity contribution is -0.117. The van der Waals surface area contributed by atoms with Gasteiger partial charge in [-0.15, -0.1) is 0 Å². The second-order valence-electron chi connectivity index (χ2n) is 6.95. The van der Waals surface area contributed by atoms with E-state index in [0.29, 0.717) is 24.4 Å². The minimum atomic E-state index is 0.0721. The Labute approximate surface area is 131 Å². The number of fused-ring (bicyclic) bond motifs is 1. The summed E-state index contributed by atoms with van der Waals surface area (Å²) in [5.41, 5.74) is 0.768. The molecule has 4 rings (SSSR count). The van der Waals surface area contributed by atoms with Gasteiger partial charge in [0.05, 0.1) is 24.6 Å². The molecule has 0 radical (unpaired) electrons. The first-order valence-electron chi connectivity index (χ1n) is 8.32. The Bertz CT molecular complexity index is 532. The van der Waals surface area contributed by atoms with Crippen LogP contribution in [0, 0.1) is 17.8 Å². The van der Waals surface area contributed by atoms with E-state index in [2.05, 4.69) is 15.2 Å². The molecule has 1 aliphatic carbocycles. The van der Waals surface area contributed by atoms with Crippen molar-refractivity contribution in [2.24, 2.45) is 17.8 Å². The monoisotopic (exact) mass is 301 g/mol. The molecule has 2 saturated heterocycles. The van der Waals surface area contributed by atoms with E-state index in [9.17, 15) is 4.79 Å². The van der Waals surface area contributed by atoms with Gasteiger partial charge in [0.1, 0.15) is 0 Å². The van der Waals surface area contributed by atoms with Crippen LogP contribution in [0.3, 0.4) is 0 Å². The second-order valence-corrected chi connectivity index (χ2v) is 6.95. The van der Waals surface area contributed by atoms with Crippen molar-refractivity contribution in [2.75, 3.05) is 31.6 Å². The number of ether oxygens (including phenoxy) is 1. The molecule has 22 heavy (non-hydrogen) atoms. The van der Waals surface area contributed by atoms with Crippen LogP contribution in [0.4, 0.5) is 5.69 Å². The number of aromatic nitrogens is 1. The average Bonchev–Trinajstić information content (AvgIpc) is 3.11. The van der Waals surface area contributed by atoms with Crippen LogP contribution >= 0.6 is 0 Å². The molecular weight excluding hydrogens is 278 g/mol. The van der Waals surface area contributed by atoms with Crippen LogP contribution in [0.15, 0.2) is 24.5 Å². The first kappa shape index (κ1) is 14.2. The zero-order valence-electron chi connectivity index (χ0n) is 12.8. The summed E-state index contributed by atoms with van der Waals surface area (Å²) < 4.78 is 5.94. The predicted molar refractivity (Wildman–Crippen MR) is 83.4 cm³/mol. The van der Waals surface area contributed by atoms with Crippen molar-refractivity contribution >= 4 is 11.6 Å². The number of nitrogens with one attached hydrogen (secondary N) is 1. The quantitative estimate of drug-likeness (QED) is 0.900. The molecule has 3 heterocycles. The number of pyridine rings is 1. The molecule has 3 fully saturated rings. The fourth-order valence-corrected chi connectivity index (χ4v) is 3.79. The number of likely N-dealkylation sites (tertiary alicyclic amines) is 1. The highest BCUT2D eigenvalue weighted by Gasteiger charge is 2.45. The summed E-state index contributed by atoms with van der Waals surface area (Å²) in [7, 11) is 0. The maximum absolute atomic E-state index is 12.2. The van der Waals surface area contributed by atoms with Gasteiger partial charge in [-0.1, -0.05) is 0 Å². The SMILES string of the molecule is O=C(C[C@@H]1CO[C@@H]2CN(CC3CC3)C[C@H]12)Nc1cccnc1. The van der Waals surface area contributed by atoms with E-state index in [1.165, 1.54) is 19.4 Å². The Morgan fingerprint density at radius 3 is 3.09 bits per heavy atom. The predicted octanol–water partition coefficient (Wildman–Crippen LogP) is 1.77. The number of hydrogen-bond acceptors (Lipinski definition) is 4. The van der Waals surface area contributed by atoms with Crippen LogP contribution in [-0.4, -0.2) is 48.1 Å². The molecule has 1 aromatic rings. The second kappa shape index (κ2) is 5.97. The molecule has 5 heteroatoms. The van der Waals surface area contributed by atoms with E-state index in [0.717, 1.165) is 31.3 Å². The highest BCUT2D eigenvalue weighted by molar-refractivity contribution is 5.90.